The first-order valence-electron chi connectivity index (χ1n) is 12.5. The SMILES string of the molecule is CC.CC1CC1.CC1CCCC1C.CCC.CCC1CCC1.CCCC. The molecule has 162 valence electrons. The average Bonchev–Trinajstić information content (AvgIpc) is 3.30. The highest BCUT2D eigenvalue weighted by Crippen LogP contribution is 2.30. The van der Waals surface area contributed by atoms with Crippen LogP contribution < -0.4 is 0 Å². The Bertz CT molecular complexity index is 199. The largest absolute Gasteiger partial charge is 0.0683 e. The highest BCUT2D eigenvalue weighted by molar-refractivity contribution is 4.69. The first-order valence-corrected chi connectivity index (χ1v) is 12.5. The maximum Gasteiger partial charge on any atom is -0.0417 e. The summed E-state index contributed by atoms with van der Waals surface area (Å²) in [6.45, 7) is 21.9. The molecule has 3 saturated carbocycles. The minimum Gasteiger partial charge on any atom is -0.0683 e. The van der Waals surface area contributed by atoms with E-state index in [0.717, 1.165) is 23.7 Å². The van der Waals surface area contributed by atoms with E-state index in [1.165, 1.54) is 77.0 Å². The molecule has 0 aromatic heterocycles. The molecule has 0 aliphatic heterocycles. The van der Waals surface area contributed by atoms with Gasteiger partial charge in [-0.05, 0) is 23.7 Å². The monoisotopic (exact) mass is 370 g/mol. The minimum absolute atomic E-state index is 1.01. The lowest BCUT2D eigenvalue weighted by atomic mass is 9.84. The van der Waals surface area contributed by atoms with Gasteiger partial charge in [0, 0.05) is 0 Å². The predicted octanol–water partition coefficient (Wildman–Crippen LogP) is 10.3. The highest BCUT2D eigenvalue weighted by Gasteiger charge is 2.17. The first kappa shape index (κ1) is 30.7. The van der Waals surface area contributed by atoms with Crippen LogP contribution in [0.4, 0.5) is 0 Å². The van der Waals surface area contributed by atoms with E-state index in [2.05, 4.69) is 55.4 Å². The second-order valence-corrected chi connectivity index (χ2v) is 8.48. The number of unbranched alkanes of at least 4 members (excludes halogenated alkanes) is 1. The second-order valence-electron chi connectivity index (χ2n) is 8.48. The van der Waals surface area contributed by atoms with Crippen LogP contribution >= 0.6 is 0 Å². The zero-order valence-electron chi connectivity index (χ0n) is 20.8. The van der Waals surface area contributed by atoms with Gasteiger partial charge in [0.25, 0.3) is 0 Å². The van der Waals surface area contributed by atoms with Crippen molar-refractivity contribution in [2.75, 3.05) is 0 Å². The van der Waals surface area contributed by atoms with E-state index in [1.54, 1.807) is 0 Å². The molecule has 2 unspecified atom stereocenters. The van der Waals surface area contributed by atoms with Crippen molar-refractivity contribution in [1.82, 2.24) is 0 Å². The third kappa shape index (κ3) is 26.2. The zero-order valence-corrected chi connectivity index (χ0v) is 20.8. The van der Waals surface area contributed by atoms with Crippen LogP contribution in [0.5, 0.6) is 0 Å². The van der Waals surface area contributed by atoms with Gasteiger partial charge in [0.15, 0.2) is 0 Å². The Balaban J connectivity index is -0.000000257. The summed E-state index contributed by atoms with van der Waals surface area (Å²) in [7, 11) is 0. The van der Waals surface area contributed by atoms with Gasteiger partial charge in [0.2, 0.25) is 0 Å². The van der Waals surface area contributed by atoms with Crippen molar-refractivity contribution in [3.63, 3.8) is 0 Å². The molecule has 0 heterocycles. The Morgan fingerprint density at radius 3 is 0.923 bits per heavy atom. The molecule has 0 amide bonds. The molecular formula is C26H58. The van der Waals surface area contributed by atoms with E-state index < -0.39 is 0 Å². The fourth-order valence-electron chi connectivity index (χ4n) is 2.40. The Hall–Kier alpha value is 0. The topological polar surface area (TPSA) is 0 Å². The van der Waals surface area contributed by atoms with Gasteiger partial charge in [-0.1, -0.05) is 146 Å². The molecule has 0 spiro atoms. The highest BCUT2D eigenvalue weighted by atomic mass is 14.2. The van der Waals surface area contributed by atoms with E-state index in [1.807, 2.05) is 13.8 Å². The molecule has 26 heavy (non-hydrogen) atoms. The van der Waals surface area contributed by atoms with Crippen molar-refractivity contribution in [2.24, 2.45) is 23.7 Å². The standard InChI is InChI=1S/C7H14.C6H12.C4H8.C4H10.C3H8.C2H6/c1-6-4-3-5-7(6)2;1-2-6-4-3-5-6;1-4-2-3-4;1-3-4-2;1-3-2;1-2/h6-7H,3-5H2,1-2H3;6H,2-5H2,1H3;4H,2-3H2,1H3;3-4H2,1-2H3;3H2,1-2H3;1-2H3. The van der Waals surface area contributed by atoms with Crippen LogP contribution in [0.25, 0.3) is 0 Å². The maximum atomic E-state index is 2.36. The van der Waals surface area contributed by atoms with Crippen molar-refractivity contribution < 1.29 is 0 Å². The van der Waals surface area contributed by atoms with Crippen LogP contribution in [0.1, 0.15) is 146 Å². The maximum absolute atomic E-state index is 2.36. The molecule has 0 aromatic carbocycles. The lowest BCUT2D eigenvalue weighted by molar-refractivity contribution is 0.307. The van der Waals surface area contributed by atoms with Crippen LogP contribution in [0.2, 0.25) is 0 Å². The van der Waals surface area contributed by atoms with Crippen molar-refractivity contribution in [2.45, 2.75) is 146 Å². The zero-order chi connectivity index (χ0) is 20.8. The van der Waals surface area contributed by atoms with E-state index in [0.29, 0.717) is 0 Å². The van der Waals surface area contributed by atoms with Crippen molar-refractivity contribution in [1.29, 1.82) is 0 Å². The fraction of sp³-hybridized carbons (Fsp3) is 1.00. The van der Waals surface area contributed by atoms with Crippen LogP contribution in [-0.4, -0.2) is 0 Å². The predicted molar refractivity (Wildman–Crippen MR) is 126 cm³/mol. The molecule has 3 aliphatic rings. The Labute approximate surface area is 170 Å². The quantitative estimate of drug-likeness (QED) is 0.453. The lowest BCUT2D eigenvalue weighted by Gasteiger charge is -2.22. The van der Waals surface area contributed by atoms with E-state index in [4.69, 9.17) is 0 Å². The fourth-order valence-corrected chi connectivity index (χ4v) is 2.40. The van der Waals surface area contributed by atoms with Gasteiger partial charge in [-0.25, -0.2) is 0 Å². The molecule has 3 aliphatic carbocycles. The van der Waals surface area contributed by atoms with Gasteiger partial charge in [-0.2, -0.15) is 0 Å². The first-order chi connectivity index (χ1) is 12.5. The van der Waals surface area contributed by atoms with Crippen molar-refractivity contribution in [3.05, 3.63) is 0 Å². The summed E-state index contributed by atoms with van der Waals surface area (Å²) < 4.78 is 0. The van der Waals surface area contributed by atoms with Gasteiger partial charge in [-0.15, -0.1) is 0 Å². The summed E-state index contributed by atoms with van der Waals surface area (Å²) in [5.41, 5.74) is 0. The molecule has 2 atom stereocenters. The summed E-state index contributed by atoms with van der Waals surface area (Å²) >= 11 is 0. The summed E-state index contributed by atoms with van der Waals surface area (Å²) in [6.07, 6.45) is 17.2. The summed E-state index contributed by atoms with van der Waals surface area (Å²) in [5.74, 6) is 4.23. The Morgan fingerprint density at radius 1 is 0.577 bits per heavy atom. The van der Waals surface area contributed by atoms with Gasteiger partial charge >= 0.3 is 0 Å². The molecule has 0 aromatic rings. The van der Waals surface area contributed by atoms with E-state index >= 15 is 0 Å². The van der Waals surface area contributed by atoms with Gasteiger partial charge in [0.05, 0.1) is 0 Å². The van der Waals surface area contributed by atoms with Crippen LogP contribution in [-0.2, 0) is 0 Å². The molecular weight excluding hydrogens is 312 g/mol. The van der Waals surface area contributed by atoms with Crippen molar-refractivity contribution in [3.8, 4) is 0 Å². The van der Waals surface area contributed by atoms with Crippen molar-refractivity contribution >= 4 is 0 Å². The van der Waals surface area contributed by atoms with E-state index in [9.17, 15) is 0 Å². The minimum atomic E-state index is 1.01. The molecule has 0 heteroatoms. The smallest absolute Gasteiger partial charge is 0.0417 e. The van der Waals surface area contributed by atoms with E-state index in [-0.39, 0.29) is 0 Å². The summed E-state index contributed by atoms with van der Waals surface area (Å²) in [6, 6.07) is 0. The Morgan fingerprint density at radius 2 is 0.885 bits per heavy atom. The normalized spacial score (nSPS) is 22.8. The van der Waals surface area contributed by atoms with Gasteiger partial charge in [0.1, 0.15) is 0 Å². The molecule has 3 rings (SSSR count). The average molecular weight is 371 g/mol. The second kappa shape index (κ2) is 25.0. The number of hydrogen-bond acceptors (Lipinski definition) is 0. The van der Waals surface area contributed by atoms with Crippen LogP contribution in [0.15, 0.2) is 0 Å². The van der Waals surface area contributed by atoms with Gasteiger partial charge in [-0.3, -0.25) is 0 Å². The molecule has 0 nitrogen and oxygen atoms in total. The van der Waals surface area contributed by atoms with Crippen LogP contribution in [0.3, 0.4) is 0 Å². The molecule has 3 fully saturated rings. The molecule has 0 radical (unpaired) electrons. The Kier molecular flexibility index (Phi) is 29.5. The molecule has 0 bridgehead atoms. The lowest BCUT2D eigenvalue weighted by Crippen LogP contribution is -2.08. The van der Waals surface area contributed by atoms with Crippen LogP contribution in [0, 0.1) is 23.7 Å². The number of rotatable bonds is 2. The summed E-state index contributed by atoms with van der Waals surface area (Å²) in [5, 5.41) is 0. The third-order valence-corrected chi connectivity index (χ3v) is 5.46. The summed E-state index contributed by atoms with van der Waals surface area (Å²) in [4.78, 5) is 0. The third-order valence-electron chi connectivity index (χ3n) is 5.46. The molecule has 0 N–H and O–H groups in total. The number of hydrogen-bond donors (Lipinski definition) is 0. The molecule has 0 saturated heterocycles. The van der Waals surface area contributed by atoms with Gasteiger partial charge < -0.3 is 0 Å².